The molecule has 1 N–H and O–H groups in total. The summed E-state index contributed by atoms with van der Waals surface area (Å²) in [6.07, 6.45) is 3.14. The predicted octanol–water partition coefficient (Wildman–Crippen LogP) is 5.40. The Kier molecular flexibility index (Phi) is 7.02. The molecule has 0 radical (unpaired) electrons. The molecule has 3 aromatic carbocycles. The van der Waals surface area contributed by atoms with E-state index < -0.39 is 0 Å². The molecule has 0 aliphatic heterocycles. The quantitative estimate of drug-likeness (QED) is 0.367. The summed E-state index contributed by atoms with van der Waals surface area (Å²) in [6.45, 7) is 0.506. The Hall–Kier alpha value is -3.09. The van der Waals surface area contributed by atoms with Crippen LogP contribution >= 0.6 is 23.4 Å². The summed E-state index contributed by atoms with van der Waals surface area (Å²) in [4.78, 5) is 18.1. The molecule has 0 saturated heterocycles. The Morgan fingerprint density at radius 1 is 1.00 bits per heavy atom. The van der Waals surface area contributed by atoms with Crippen LogP contribution in [-0.2, 0) is 12.3 Å². The third-order valence-corrected chi connectivity index (χ3v) is 6.11. The van der Waals surface area contributed by atoms with Crippen molar-refractivity contribution in [3.8, 4) is 0 Å². The monoisotopic (exact) mass is 448 g/mol. The van der Waals surface area contributed by atoms with Gasteiger partial charge in [-0.15, -0.1) is 11.8 Å². The van der Waals surface area contributed by atoms with Gasteiger partial charge in [0.25, 0.3) is 5.91 Å². The van der Waals surface area contributed by atoms with E-state index >= 15 is 0 Å². The standard InChI is InChI=1S/C24H21ClN4OS/c25-21-10-12-22(13-11-21)31-15-18-6-8-20(9-7-18)24(30)28-23(14-29-17-26-16-27-29)19-4-2-1-3-5-19/h1-13,16-17,23H,14-15H2,(H,28,30). The van der Waals surface area contributed by atoms with Gasteiger partial charge in [0.05, 0.1) is 12.6 Å². The number of rotatable bonds is 8. The third-order valence-electron chi connectivity index (χ3n) is 4.78. The first-order chi connectivity index (χ1) is 15.2. The number of nitrogens with one attached hydrogen (secondary N) is 1. The lowest BCUT2D eigenvalue weighted by atomic mass is 10.1. The zero-order valence-electron chi connectivity index (χ0n) is 16.7. The van der Waals surface area contributed by atoms with Gasteiger partial charge in [0.15, 0.2) is 0 Å². The second-order valence-corrected chi connectivity index (χ2v) is 8.48. The number of nitrogens with zero attached hydrogens (tertiary/aromatic N) is 3. The third kappa shape index (κ3) is 5.96. The van der Waals surface area contributed by atoms with Crippen LogP contribution in [0.1, 0.15) is 27.5 Å². The van der Waals surface area contributed by atoms with Crippen molar-refractivity contribution in [2.45, 2.75) is 23.2 Å². The molecule has 1 unspecified atom stereocenters. The molecule has 0 saturated carbocycles. The van der Waals surface area contributed by atoms with E-state index in [0.29, 0.717) is 12.1 Å². The lowest BCUT2D eigenvalue weighted by Gasteiger charge is -2.19. The highest BCUT2D eigenvalue weighted by atomic mass is 35.5. The molecule has 1 aromatic heterocycles. The van der Waals surface area contributed by atoms with E-state index in [1.165, 1.54) is 6.33 Å². The van der Waals surface area contributed by atoms with E-state index in [1.807, 2.05) is 78.9 Å². The minimum absolute atomic E-state index is 0.120. The van der Waals surface area contributed by atoms with Gasteiger partial charge in [-0.1, -0.05) is 54.1 Å². The summed E-state index contributed by atoms with van der Waals surface area (Å²) in [6, 6.07) is 25.2. The molecule has 31 heavy (non-hydrogen) atoms. The van der Waals surface area contributed by atoms with E-state index in [2.05, 4.69) is 15.4 Å². The lowest BCUT2D eigenvalue weighted by molar-refractivity contribution is 0.0932. The normalized spacial score (nSPS) is 11.8. The van der Waals surface area contributed by atoms with E-state index in [4.69, 9.17) is 11.6 Å². The zero-order valence-corrected chi connectivity index (χ0v) is 18.3. The van der Waals surface area contributed by atoms with Crippen LogP contribution in [0.4, 0.5) is 0 Å². The largest absolute Gasteiger partial charge is 0.343 e. The Bertz CT molecular complexity index is 1100. The molecule has 0 aliphatic carbocycles. The number of benzene rings is 3. The highest BCUT2D eigenvalue weighted by Gasteiger charge is 2.17. The van der Waals surface area contributed by atoms with Gasteiger partial charge in [0.2, 0.25) is 0 Å². The smallest absolute Gasteiger partial charge is 0.251 e. The molecule has 1 heterocycles. The van der Waals surface area contributed by atoms with Gasteiger partial charge in [-0.05, 0) is 47.5 Å². The van der Waals surface area contributed by atoms with Gasteiger partial charge in [-0.3, -0.25) is 9.48 Å². The van der Waals surface area contributed by atoms with Crippen LogP contribution in [0, 0.1) is 0 Å². The molecule has 0 fully saturated rings. The van der Waals surface area contributed by atoms with Crippen LogP contribution in [-0.4, -0.2) is 20.7 Å². The van der Waals surface area contributed by atoms with Gasteiger partial charge in [-0.2, -0.15) is 5.10 Å². The zero-order chi connectivity index (χ0) is 21.5. The molecule has 1 atom stereocenters. The minimum atomic E-state index is -0.212. The first-order valence-corrected chi connectivity index (χ1v) is 11.2. The number of amides is 1. The van der Waals surface area contributed by atoms with E-state index in [-0.39, 0.29) is 11.9 Å². The van der Waals surface area contributed by atoms with Crippen molar-refractivity contribution in [3.05, 3.63) is 113 Å². The van der Waals surface area contributed by atoms with Crippen molar-refractivity contribution in [2.24, 2.45) is 0 Å². The fraction of sp³-hybridized carbons (Fsp3) is 0.125. The average molecular weight is 449 g/mol. The van der Waals surface area contributed by atoms with Crippen LogP contribution in [0.3, 0.4) is 0 Å². The van der Waals surface area contributed by atoms with E-state index in [0.717, 1.165) is 26.8 Å². The van der Waals surface area contributed by atoms with Crippen LogP contribution in [0.15, 0.2) is 96.4 Å². The topological polar surface area (TPSA) is 59.8 Å². The molecule has 0 spiro atoms. The number of hydrogen-bond acceptors (Lipinski definition) is 4. The SMILES string of the molecule is O=C(NC(Cn1cncn1)c1ccccc1)c1ccc(CSc2ccc(Cl)cc2)cc1. The van der Waals surface area contributed by atoms with Crippen LogP contribution in [0.5, 0.6) is 0 Å². The number of thioether (sulfide) groups is 1. The molecular formula is C24H21ClN4OS. The second kappa shape index (κ2) is 10.3. The van der Waals surface area contributed by atoms with Crippen molar-refractivity contribution in [1.29, 1.82) is 0 Å². The van der Waals surface area contributed by atoms with Gasteiger partial charge < -0.3 is 5.32 Å². The highest BCUT2D eigenvalue weighted by molar-refractivity contribution is 7.98. The number of carbonyl (C=O) groups excluding carboxylic acids is 1. The summed E-state index contributed by atoms with van der Waals surface area (Å²) >= 11 is 7.67. The predicted molar refractivity (Wildman–Crippen MR) is 124 cm³/mol. The van der Waals surface area contributed by atoms with Gasteiger partial charge in [0.1, 0.15) is 12.7 Å². The van der Waals surface area contributed by atoms with Crippen LogP contribution < -0.4 is 5.32 Å². The number of hydrogen-bond donors (Lipinski definition) is 1. The summed E-state index contributed by atoms with van der Waals surface area (Å²) < 4.78 is 1.72. The summed E-state index contributed by atoms with van der Waals surface area (Å²) in [5.41, 5.74) is 2.79. The number of carbonyl (C=O) groups is 1. The van der Waals surface area contributed by atoms with Gasteiger partial charge in [-0.25, -0.2) is 4.98 Å². The van der Waals surface area contributed by atoms with E-state index in [9.17, 15) is 4.79 Å². The van der Waals surface area contributed by atoms with Crippen molar-refractivity contribution in [3.63, 3.8) is 0 Å². The van der Waals surface area contributed by atoms with E-state index in [1.54, 1.807) is 22.8 Å². The minimum Gasteiger partial charge on any atom is -0.343 e. The maximum Gasteiger partial charge on any atom is 0.251 e. The first kappa shape index (κ1) is 21.2. The molecule has 4 rings (SSSR count). The van der Waals surface area contributed by atoms with Crippen LogP contribution in [0.25, 0.3) is 0 Å². The maximum atomic E-state index is 12.9. The maximum absolute atomic E-state index is 12.9. The molecule has 156 valence electrons. The average Bonchev–Trinajstić information content (AvgIpc) is 3.32. The molecule has 4 aromatic rings. The van der Waals surface area contributed by atoms with Crippen molar-refractivity contribution < 1.29 is 4.79 Å². The summed E-state index contributed by atoms with van der Waals surface area (Å²) in [5.74, 6) is 0.702. The molecular weight excluding hydrogens is 428 g/mol. The molecule has 5 nitrogen and oxygen atoms in total. The summed E-state index contributed by atoms with van der Waals surface area (Å²) in [7, 11) is 0. The Labute approximate surface area is 190 Å². The fourth-order valence-corrected chi connectivity index (χ4v) is 4.11. The molecule has 0 aliphatic rings. The highest BCUT2D eigenvalue weighted by Crippen LogP contribution is 2.24. The van der Waals surface area contributed by atoms with Crippen molar-refractivity contribution in [2.75, 3.05) is 0 Å². The Balaban J connectivity index is 1.40. The van der Waals surface area contributed by atoms with Gasteiger partial charge >= 0.3 is 0 Å². The summed E-state index contributed by atoms with van der Waals surface area (Å²) in [5, 5.41) is 8.03. The molecule has 7 heteroatoms. The van der Waals surface area contributed by atoms with Gasteiger partial charge in [0, 0.05) is 21.2 Å². The van der Waals surface area contributed by atoms with Crippen LogP contribution in [0.2, 0.25) is 5.02 Å². The van der Waals surface area contributed by atoms with Crippen molar-refractivity contribution >= 4 is 29.3 Å². The molecule has 1 amide bonds. The lowest BCUT2D eigenvalue weighted by Crippen LogP contribution is -2.31. The number of halogens is 1. The second-order valence-electron chi connectivity index (χ2n) is 6.99. The first-order valence-electron chi connectivity index (χ1n) is 9.83. The number of aromatic nitrogens is 3. The van der Waals surface area contributed by atoms with Crippen molar-refractivity contribution in [1.82, 2.24) is 20.1 Å². The Morgan fingerprint density at radius 3 is 2.42 bits per heavy atom. The fourth-order valence-electron chi connectivity index (χ4n) is 3.13. The molecule has 0 bridgehead atoms. The Morgan fingerprint density at radius 2 is 1.74 bits per heavy atom.